The lowest BCUT2D eigenvalue weighted by molar-refractivity contribution is -0.137. The molecule has 0 saturated heterocycles. The first kappa shape index (κ1) is 18.1. The predicted octanol–water partition coefficient (Wildman–Crippen LogP) is 2.42. The molecule has 2 amide bonds. The summed E-state index contributed by atoms with van der Waals surface area (Å²) in [7, 11) is 0. The van der Waals surface area contributed by atoms with Gasteiger partial charge in [0, 0.05) is 19.6 Å². The smallest absolute Gasteiger partial charge is 0.317 e. The quantitative estimate of drug-likeness (QED) is 0.573. The van der Waals surface area contributed by atoms with E-state index in [2.05, 4.69) is 11.6 Å². The van der Waals surface area contributed by atoms with E-state index < -0.39 is 5.97 Å². The SMILES string of the molecule is CCN(CCC(=O)O)C(=O)NCCCCCCSC. The van der Waals surface area contributed by atoms with E-state index in [0.717, 1.165) is 12.8 Å². The minimum atomic E-state index is -0.875. The van der Waals surface area contributed by atoms with Crippen LogP contribution in [-0.2, 0) is 4.79 Å². The summed E-state index contributed by atoms with van der Waals surface area (Å²) in [6.45, 7) is 3.32. The van der Waals surface area contributed by atoms with Gasteiger partial charge in [-0.05, 0) is 31.8 Å². The predicted molar refractivity (Wildman–Crippen MR) is 79.7 cm³/mol. The van der Waals surface area contributed by atoms with E-state index in [1.165, 1.54) is 23.5 Å². The summed E-state index contributed by atoms with van der Waals surface area (Å²) in [4.78, 5) is 23.7. The van der Waals surface area contributed by atoms with Gasteiger partial charge in [0.1, 0.15) is 0 Å². The van der Waals surface area contributed by atoms with E-state index in [1.54, 1.807) is 0 Å². The largest absolute Gasteiger partial charge is 0.481 e. The second-order valence-corrected chi connectivity index (χ2v) is 5.35. The van der Waals surface area contributed by atoms with Crippen LogP contribution in [0.1, 0.15) is 39.0 Å². The Morgan fingerprint density at radius 3 is 2.47 bits per heavy atom. The molecule has 0 bridgehead atoms. The highest BCUT2D eigenvalue weighted by molar-refractivity contribution is 7.98. The molecule has 0 atom stereocenters. The minimum Gasteiger partial charge on any atom is -0.481 e. The van der Waals surface area contributed by atoms with Gasteiger partial charge in [-0.3, -0.25) is 4.79 Å². The van der Waals surface area contributed by atoms with E-state index in [1.807, 2.05) is 18.7 Å². The van der Waals surface area contributed by atoms with Gasteiger partial charge in [-0.25, -0.2) is 4.79 Å². The zero-order chi connectivity index (χ0) is 14.5. The van der Waals surface area contributed by atoms with Gasteiger partial charge < -0.3 is 15.3 Å². The number of hydrogen-bond donors (Lipinski definition) is 2. The van der Waals surface area contributed by atoms with Crippen molar-refractivity contribution < 1.29 is 14.7 Å². The molecule has 112 valence electrons. The number of carbonyl (C=O) groups excluding carboxylic acids is 1. The summed E-state index contributed by atoms with van der Waals surface area (Å²) in [6.07, 6.45) is 6.65. The summed E-state index contributed by atoms with van der Waals surface area (Å²) in [5.74, 6) is 0.325. The topological polar surface area (TPSA) is 69.6 Å². The maximum atomic E-state index is 11.7. The van der Waals surface area contributed by atoms with Crippen molar-refractivity contribution in [2.24, 2.45) is 0 Å². The molecule has 0 aromatic carbocycles. The number of thioether (sulfide) groups is 1. The first-order chi connectivity index (χ1) is 9.11. The molecule has 0 aliphatic rings. The molecule has 0 spiro atoms. The van der Waals surface area contributed by atoms with Crippen LogP contribution in [0.5, 0.6) is 0 Å². The van der Waals surface area contributed by atoms with Crippen LogP contribution in [0, 0.1) is 0 Å². The van der Waals surface area contributed by atoms with Crippen molar-refractivity contribution in [2.45, 2.75) is 39.0 Å². The van der Waals surface area contributed by atoms with Crippen molar-refractivity contribution in [3.8, 4) is 0 Å². The standard InChI is InChI=1S/C13H26N2O3S/c1-3-15(10-8-12(16)17)13(18)14-9-6-4-5-7-11-19-2/h3-11H2,1-2H3,(H,14,18)(H,16,17). The molecule has 0 rings (SSSR count). The number of carboxylic acids is 1. The number of nitrogens with zero attached hydrogens (tertiary/aromatic N) is 1. The molecule has 0 aromatic heterocycles. The van der Waals surface area contributed by atoms with Crippen LogP contribution in [0.2, 0.25) is 0 Å². The van der Waals surface area contributed by atoms with Crippen molar-refractivity contribution in [3.05, 3.63) is 0 Å². The molecular weight excluding hydrogens is 264 g/mol. The Morgan fingerprint density at radius 1 is 1.21 bits per heavy atom. The fourth-order valence-corrected chi connectivity index (χ4v) is 2.16. The number of carboxylic acid groups (broad SMARTS) is 1. The van der Waals surface area contributed by atoms with Crippen molar-refractivity contribution >= 4 is 23.8 Å². The average Bonchev–Trinajstić information content (AvgIpc) is 2.38. The van der Waals surface area contributed by atoms with Crippen LogP contribution in [0.3, 0.4) is 0 Å². The normalized spacial score (nSPS) is 10.2. The maximum Gasteiger partial charge on any atom is 0.317 e. The van der Waals surface area contributed by atoms with Crippen molar-refractivity contribution in [1.29, 1.82) is 0 Å². The monoisotopic (exact) mass is 290 g/mol. The number of amides is 2. The first-order valence-electron chi connectivity index (χ1n) is 6.85. The molecular formula is C13H26N2O3S. The summed E-state index contributed by atoms with van der Waals surface area (Å²) in [6, 6.07) is -0.159. The molecule has 0 fully saturated rings. The molecule has 2 N–H and O–H groups in total. The molecule has 0 aromatic rings. The van der Waals surface area contributed by atoms with Gasteiger partial charge in [0.15, 0.2) is 0 Å². The van der Waals surface area contributed by atoms with Crippen LogP contribution in [0.4, 0.5) is 4.79 Å². The third-order valence-corrected chi connectivity index (χ3v) is 3.51. The van der Waals surface area contributed by atoms with Crippen LogP contribution < -0.4 is 5.32 Å². The third kappa shape index (κ3) is 10.7. The minimum absolute atomic E-state index is 0.00402. The second kappa shape index (κ2) is 12.1. The van der Waals surface area contributed by atoms with E-state index in [-0.39, 0.29) is 19.0 Å². The van der Waals surface area contributed by atoms with Gasteiger partial charge >= 0.3 is 12.0 Å². The van der Waals surface area contributed by atoms with Gasteiger partial charge in [-0.15, -0.1) is 0 Å². The molecule has 0 saturated carbocycles. The number of rotatable bonds is 11. The van der Waals surface area contributed by atoms with E-state index in [4.69, 9.17) is 5.11 Å². The summed E-state index contributed by atoms with van der Waals surface area (Å²) < 4.78 is 0. The fourth-order valence-electron chi connectivity index (χ4n) is 1.67. The highest BCUT2D eigenvalue weighted by atomic mass is 32.2. The van der Waals surface area contributed by atoms with Crippen molar-refractivity contribution in [2.75, 3.05) is 31.6 Å². The molecule has 6 heteroatoms. The van der Waals surface area contributed by atoms with Gasteiger partial charge in [0.25, 0.3) is 0 Å². The zero-order valence-electron chi connectivity index (χ0n) is 12.0. The second-order valence-electron chi connectivity index (χ2n) is 4.36. The molecule has 0 aliphatic carbocycles. The Morgan fingerprint density at radius 2 is 1.89 bits per heavy atom. The zero-order valence-corrected chi connectivity index (χ0v) is 12.8. The molecule has 0 heterocycles. The molecule has 19 heavy (non-hydrogen) atoms. The first-order valence-corrected chi connectivity index (χ1v) is 8.24. The Bertz CT molecular complexity index is 262. The highest BCUT2D eigenvalue weighted by Gasteiger charge is 2.11. The Hall–Kier alpha value is -0.910. The van der Waals surface area contributed by atoms with Crippen LogP contribution in [0.25, 0.3) is 0 Å². The van der Waals surface area contributed by atoms with Crippen LogP contribution >= 0.6 is 11.8 Å². The highest BCUT2D eigenvalue weighted by Crippen LogP contribution is 2.04. The lowest BCUT2D eigenvalue weighted by Gasteiger charge is -2.20. The van der Waals surface area contributed by atoms with E-state index >= 15 is 0 Å². The Balaban J connectivity index is 3.61. The molecule has 0 radical (unpaired) electrons. The van der Waals surface area contributed by atoms with Crippen molar-refractivity contribution in [3.63, 3.8) is 0 Å². The lowest BCUT2D eigenvalue weighted by Crippen LogP contribution is -2.41. The number of nitrogens with one attached hydrogen (secondary N) is 1. The number of hydrogen-bond acceptors (Lipinski definition) is 3. The van der Waals surface area contributed by atoms with Crippen molar-refractivity contribution in [1.82, 2.24) is 10.2 Å². The summed E-state index contributed by atoms with van der Waals surface area (Å²) in [5.41, 5.74) is 0. The number of aliphatic carboxylic acids is 1. The molecule has 5 nitrogen and oxygen atoms in total. The molecule has 0 unspecified atom stereocenters. The van der Waals surface area contributed by atoms with E-state index in [0.29, 0.717) is 13.1 Å². The number of urea groups is 1. The lowest BCUT2D eigenvalue weighted by atomic mass is 10.2. The van der Waals surface area contributed by atoms with Gasteiger partial charge in [0.2, 0.25) is 0 Å². The van der Waals surface area contributed by atoms with Gasteiger partial charge in [0.05, 0.1) is 6.42 Å². The van der Waals surface area contributed by atoms with Gasteiger partial charge in [-0.2, -0.15) is 11.8 Å². The fraction of sp³-hybridized carbons (Fsp3) is 0.846. The van der Waals surface area contributed by atoms with Crippen LogP contribution in [-0.4, -0.2) is 53.6 Å². The Labute approximate surface area is 120 Å². The average molecular weight is 290 g/mol. The number of unbranched alkanes of at least 4 members (excludes halogenated alkanes) is 3. The van der Waals surface area contributed by atoms with Gasteiger partial charge in [-0.1, -0.05) is 12.8 Å². The van der Waals surface area contributed by atoms with E-state index in [9.17, 15) is 9.59 Å². The molecule has 0 aliphatic heterocycles. The summed E-state index contributed by atoms with van der Waals surface area (Å²) in [5, 5.41) is 11.4. The number of carbonyl (C=O) groups is 2. The summed E-state index contributed by atoms with van der Waals surface area (Å²) >= 11 is 1.86. The van der Waals surface area contributed by atoms with Crippen LogP contribution in [0.15, 0.2) is 0 Å². The third-order valence-electron chi connectivity index (χ3n) is 2.82. The Kier molecular flexibility index (Phi) is 11.6. The maximum absolute atomic E-state index is 11.7.